The molecule has 3 aromatic rings. The molecule has 0 bridgehead atoms. The van der Waals surface area contributed by atoms with E-state index >= 15 is 0 Å². The Hall–Kier alpha value is -3.00. The molecule has 1 aliphatic heterocycles. The second kappa shape index (κ2) is 8.63. The number of benzene rings is 2. The second-order valence-corrected chi connectivity index (χ2v) is 7.53. The Balaban J connectivity index is 1.77. The molecule has 0 radical (unpaired) electrons. The van der Waals surface area contributed by atoms with E-state index in [4.69, 9.17) is 9.47 Å². The van der Waals surface area contributed by atoms with Crippen molar-refractivity contribution in [2.75, 3.05) is 33.4 Å². The average molecular weight is 432 g/mol. The first-order valence-electron chi connectivity index (χ1n) is 10.0. The van der Waals surface area contributed by atoms with E-state index in [9.17, 15) is 18.0 Å². The highest BCUT2D eigenvalue weighted by atomic mass is 19.4. The number of carbonyl (C=O) groups is 1. The van der Waals surface area contributed by atoms with Crippen LogP contribution in [0.3, 0.4) is 0 Å². The van der Waals surface area contributed by atoms with Crippen LogP contribution in [0.2, 0.25) is 0 Å². The molecule has 31 heavy (non-hydrogen) atoms. The Morgan fingerprint density at radius 2 is 1.97 bits per heavy atom. The summed E-state index contributed by atoms with van der Waals surface area (Å²) >= 11 is 0. The summed E-state index contributed by atoms with van der Waals surface area (Å²) in [7, 11) is 1.56. The predicted octanol–water partition coefficient (Wildman–Crippen LogP) is 4.58. The molecule has 0 saturated carbocycles. The number of nitrogens with one attached hydrogen (secondary N) is 1. The molecule has 1 saturated heterocycles. The number of H-pyrrole nitrogens is 1. The summed E-state index contributed by atoms with van der Waals surface area (Å²) in [5.41, 5.74) is 1.30. The van der Waals surface area contributed by atoms with Gasteiger partial charge in [-0.1, -0.05) is 18.2 Å². The van der Waals surface area contributed by atoms with Crippen LogP contribution in [0.1, 0.15) is 29.0 Å². The third-order valence-corrected chi connectivity index (χ3v) is 5.66. The number of carbonyl (C=O) groups excluding carboxylic acids is 1. The Bertz CT molecular complexity index is 1070. The predicted molar refractivity (Wildman–Crippen MR) is 110 cm³/mol. The molecule has 0 spiro atoms. The first-order valence-corrected chi connectivity index (χ1v) is 10.0. The number of amides is 1. The number of fused-ring (bicyclic) bond motifs is 1. The topological polar surface area (TPSA) is 54.6 Å². The molecular formula is C23H23F3N2O3. The highest BCUT2D eigenvalue weighted by molar-refractivity contribution is 5.87. The molecule has 4 rings (SSSR count). The van der Waals surface area contributed by atoms with Gasteiger partial charge in [0, 0.05) is 42.5 Å². The lowest BCUT2D eigenvalue weighted by atomic mass is 9.87. The van der Waals surface area contributed by atoms with Crippen LogP contribution in [0.5, 0.6) is 5.75 Å². The van der Waals surface area contributed by atoms with Crippen molar-refractivity contribution in [3.63, 3.8) is 0 Å². The highest BCUT2D eigenvalue weighted by Gasteiger charge is 2.32. The van der Waals surface area contributed by atoms with Crippen molar-refractivity contribution >= 4 is 16.8 Å². The molecule has 8 heteroatoms. The summed E-state index contributed by atoms with van der Waals surface area (Å²) in [4.78, 5) is 17.9. The van der Waals surface area contributed by atoms with Gasteiger partial charge in [-0.05, 0) is 35.4 Å². The van der Waals surface area contributed by atoms with Crippen LogP contribution >= 0.6 is 0 Å². The Labute approximate surface area is 177 Å². The first-order chi connectivity index (χ1) is 14.9. The van der Waals surface area contributed by atoms with E-state index in [2.05, 4.69) is 4.98 Å². The Morgan fingerprint density at radius 3 is 2.68 bits per heavy atom. The first kappa shape index (κ1) is 21.2. The van der Waals surface area contributed by atoms with Gasteiger partial charge < -0.3 is 19.4 Å². The van der Waals surface area contributed by atoms with E-state index < -0.39 is 17.7 Å². The largest absolute Gasteiger partial charge is 0.497 e. The summed E-state index contributed by atoms with van der Waals surface area (Å²) in [6.07, 6.45) is -2.63. The third kappa shape index (κ3) is 4.54. The van der Waals surface area contributed by atoms with Crippen LogP contribution in [0.4, 0.5) is 13.2 Å². The van der Waals surface area contributed by atoms with E-state index in [1.165, 1.54) is 6.07 Å². The lowest BCUT2D eigenvalue weighted by Crippen LogP contribution is -2.41. The van der Waals surface area contributed by atoms with Gasteiger partial charge in [0.2, 0.25) is 5.91 Å². The minimum Gasteiger partial charge on any atom is -0.497 e. The van der Waals surface area contributed by atoms with Crippen LogP contribution < -0.4 is 4.74 Å². The van der Waals surface area contributed by atoms with Crippen molar-refractivity contribution in [3.05, 3.63) is 65.4 Å². The number of alkyl halides is 3. The maximum Gasteiger partial charge on any atom is 0.416 e. The molecule has 1 fully saturated rings. The minimum atomic E-state index is -4.46. The monoisotopic (exact) mass is 432 g/mol. The van der Waals surface area contributed by atoms with Crippen molar-refractivity contribution < 1.29 is 27.4 Å². The molecule has 0 unspecified atom stereocenters. The summed E-state index contributed by atoms with van der Waals surface area (Å²) in [5, 5.41) is 0.816. The number of aromatic nitrogens is 1. The quantitative estimate of drug-likeness (QED) is 0.642. The minimum absolute atomic E-state index is 0.0610. The van der Waals surface area contributed by atoms with Gasteiger partial charge in [-0.15, -0.1) is 0 Å². The molecule has 2 heterocycles. The molecular weight excluding hydrogens is 409 g/mol. The number of hydrogen-bond donors (Lipinski definition) is 1. The molecule has 1 amide bonds. The smallest absolute Gasteiger partial charge is 0.416 e. The highest BCUT2D eigenvalue weighted by Crippen LogP contribution is 2.38. The van der Waals surface area contributed by atoms with Crippen molar-refractivity contribution in [1.29, 1.82) is 0 Å². The zero-order valence-electron chi connectivity index (χ0n) is 17.0. The maximum absolute atomic E-state index is 13.4. The van der Waals surface area contributed by atoms with Crippen molar-refractivity contribution in [1.82, 2.24) is 9.88 Å². The molecule has 1 atom stereocenters. The van der Waals surface area contributed by atoms with E-state index in [0.717, 1.165) is 28.6 Å². The van der Waals surface area contributed by atoms with Gasteiger partial charge in [-0.2, -0.15) is 13.2 Å². The van der Waals surface area contributed by atoms with Gasteiger partial charge in [0.05, 0.1) is 25.9 Å². The van der Waals surface area contributed by atoms with E-state index in [-0.39, 0.29) is 12.3 Å². The Kier molecular flexibility index (Phi) is 5.91. The number of rotatable bonds is 5. The number of morpholine rings is 1. The van der Waals surface area contributed by atoms with E-state index in [0.29, 0.717) is 37.6 Å². The zero-order chi connectivity index (χ0) is 22.0. The van der Waals surface area contributed by atoms with Crippen LogP contribution in [0.15, 0.2) is 48.7 Å². The fourth-order valence-electron chi connectivity index (χ4n) is 3.99. The lowest BCUT2D eigenvalue weighted by Gasteiger charge is -2.29. The standard InChI is InChI=1S/C23H23F3N2O3/c1-30-17-5-6-21-19(12-17)20(14-27-21)18(13-22(29)28-7-9-31-10-8-28)15-3-2-4-16(11-15)23(24,25)26/h2-6,11-12,14,18,27H,7-10,13H2,1H3/t18-/m1/s1. The zero-order valence-corrected chi connectivity index (χ0v) is 17.0. The molecule has 5 nitrogen and oxygen atoms in total. The normalized spacial score (nSPS) is 15.8. The fraction of sp³-hybridized carbons (Fsp3) is 0.348. The fourth-order valence-corrected chi connectivity index (χ4v) is 3.99. The van der Waals surface area contributed by atoms with Crippen molar-refractivity contribution in [2.24, 2.45) is 0 Å². The third-order valence-electron chi connectivity index (χ3n) is 5.66. The van der Waals surface area contributed by atoms with Crippen LogP contribution in [0, 0.1) is 0 Å². The van der Waals surface area contributed by atoms with Gasteiger partial charge in [-0.25, -0.2) is 0 Å². The van der Waals surface area contributed by atoms with Gasteiger partial charge in [0.25, 0.3) is 0 Å². The van der Waals surface area contributed by atoms with E-state index in [1.54, 1.807) is 30.3 Å². The van der Waals surface area contributed by atoms with Gasteiger partial charge in [0.1, 0.15) is 5.75 Å². The molecule has 2 aromatic carbocycles. The van der Waals surface area contributed by atoms with Gasteiger partial charge >= 0.3 is 6.18 Å². The van der Waals surface area contributed by atoms with Crippen molar-refractivity contribution in [3.8, 4) is 5.75 Å². The Morgan fingerprint density at radius 1 is 1.19 bits per heavy atom. The number of ether oxygens (including phenoxy) is 2. The molecule has 164 valence electrons. The SMILES string of the molecule is COc1ccc2[nH]cc([C@H](CC(=O)N3CCOCC3)c3cccc(C(F)(F)F)c3)c2c1. The maximum atomic E-state index is 13.4. The van der Waals surface area contributed by atoms with Crippen LogP contribution in [0.25, 0.3) is 10.9 Å². The average Bonchev–Trinajstić information content (AvgIpc) is 3.20. The van der Waals surface area contributed by atoms with Crippen molar-refractivity contribution in [2.45, 2.75) is 18.5 Å². The molecule has 0 aliphatic carbocycles. The summed E-state index contributed by atoms with van der Waals surface area (Å²) in [6.45, 7) is 1.89. The van der Waals surface area contributed by atoms with Crippen LogP contribution in [-0.2, 0) is 15.7 Å². The summed E-state index contributed by atoms with van der Waals surface area (Å²) in [5.74, 6) is -0.0166. The number of methoxy groups -OCH3 is 1. The van der Waals surface area contributed by atoms with E-state index in [1.807, 2.05) is 12.1 Å². The second-order valence-electron chi connectivity index (χ2n) is 7.53. The number of halogens is 3. The van der Waals surface area contributed by atoms with Gasteiger partial charge in [-0.3, -0.25) is 4.79 Å². The van der Waals surface area contributed by atoms with Crippen LogP contribution in [-0.4, -0.2) is 49.2 Å². The number of aromatic amines is 1. The summed E-state index contributed by atoms with van der Waals surface area (Å²) in [6, 6.07) is 10.7. The van der Waals surface area contributed by atoms with Gasteiger partial charge in [0.15, 0.2) is 0 Å². The molecule has 1 aromatic heterocycles. The summed E-state index contributed by atoms with van der Waals surface area (Å²) < 4.78 is 50.7. The molecule has 1 N–H and O–H groups in total. The lowest BCUT2D eigenvalue weighted by molar-refractivity contribution is -0.137. The molecule has 1 aliphatic rings. The number of nitrogens with zero attached hydrogens (tertiary/aromatic N) is 1. The number of hydrogen-bond acceptors (Lipinski definition) is 3.